The predicted octanol–water partition coefficient (Wildman–Crippen LogP) is 3.46. The van der Waals surface area contributed by atoms with Crippen LogP contribution in [0.4, 0.5) is 4.39 Å². The Morgan fingerprint density at radius 3 is 2.74 bits per heavy atom. The van der Waals surface area contributed by atoms with Gasteiger partial charge in [0.05, 0.1) is 10.8 Å². The number of piperidine rings is 1. The average molecular weight is 444 g/mol. The fourth-order valence-electron chi connectivity index (χ4n) is 4.17. The first-order chi connectivity index (χ1) is 14.8. The number of benzene rings is 2. The van der Waals surface area contributed by atoms with E-state index in [1.807, 2.05) is 31.3 Å². The van der Waals surface area contributed by atoms with Crippen molar-refractivity contribution in [1.82, 2.24) is 14.6 Å². The Kier molecular flexibility index (Phi) is 6.11. The minimum Gasteiger partial charge on any atom is -0.361 e. The van der Waals surface area contributed by atoms with E-state index in [-0.39, 0.29) is 23.4 Å². The Balaban J connectivity index is 1.39. The third-order valence-electron chi connectivity index (χ3n) is 5.80. The Hall–Kier alpha value is -2.71. The van der Waals surface area contributed by atoms with Crippen LogP contribution in [-0.4, -0.2) is 42.7 Å². The number of hydrogen-bond donors (Lipinski definition) is 2. The number of carbonyl (C=O) groups is 1. The van der Waals surface area contributed by atoms with Gasteiger partial charge in [0, 0.05) is 36.2 Å². The highest BCUT2D eigenvalue weighted by Crippen LogP contribution is 2.25. The van der Waals surface area contributed by atoms with Crippen molar-refractivity contribution in [1.29, 1.82) is 0 Å². The van der Waals surface area contributed by atoms with Crippen LogP contribution >= 0.6 is 0 Å². The molecule has 0 bridgehead atoms. The number of H-pyrrole nitrogens is 1. The van der Waals surface area contributed by atoms with Gasteiger partial charge >= 0.3 is 0 Å². The molecule has 2 atom stereocenters. The van der Waals surface area contributed by atoms with Crippen molar-refractivity contribution in [2.45, 2.75) is 37.1 Å². The van der Waals surface area contributed by atoms with Gasteiger partial charge in [-0.25, -0.2) is 12.8 Å². The highest BCUT2D eigenvalue weighted by Gasteiger charge is 2.33. The molecule has 2 aromatic carbocycles. The Morgan fingerprint density at radius 2 is 1.97 bits per heavy atom. The summed E-state index contributed by atoms with van der Waals surface area (Å²) in [7, 11) is -3.76. The number of carbonyl (C=O) groups excluding carboxylic acids is 1. The molecule has 3 aromatic rings. The molecule has 4 rings (SSSR count). The molecule has 2 N–H and O–H groups in total. The topological polar surface area (TPSA) is 82.3 Å². The van der Waals surface area contributed by atoms with Crippen LogP contribution in [0.25, 0.3) is 10.9 Å². The zero-order chi connectivity index (χ0) is 22.0. The molecule has 2 heterocycles. The van der Waals surface area contributed by atoms with Crippen molar-refractivity contribution in [3.63, 3.8) is 0 Å². The number of nitrogens with one attached hydrogen (secondary N) is 2. The summed E-state index contributed by atoms with van der Waals surface area (Å²) < 4.78 is 40.3. The molecule has 1 saturated heterocycles. The van der Waals surface area contributed by atoms with Crippen LogP contribution in [0.15, 0.2) is 59.6 Å². The summed E-state index contributed by atoms with van der Waals surface area (Å²) in [5.74, 6) is -1.03. The number of aromatic amines is 1. The molecular formula is C23H26FN3O3S. The second-order valence-electron chi connectivity index (χ2n) is 8.13. The van der Waals surface area contributed by atoms with Gasteiger partial charge in [-0.2, -0.15) is 4.31 Å². The van der Waals surface area contributed by atoms with Crippen LogP contribution in [0.3, 0.4) is 0 Å². The van der Waals surface area contributed by atoms with Gasteiger partial charge in [-0.15, -0.1) is 0 Å². The third-order valence-corrected chi connectivity index (χ3v) is 7.68. The Bertz CT molecular complexity index is 1170. The SMILES string of the molecule is C[C@@H](Cc1c[nH]c2ccccc12)NC(=O)[C@H]1CCCN(S(=O)(=O)c2ccc(F)cc2)C1. The molecule has 1 aliphatic heterocycles. The average Bonchev–Trinajstić information content (AvgIpc) is 3.17. The quantitative estimate of drug-likeness (QED) is 0.612. The molecule has 1 fully saturated rings. The van der Waals surface area contributed by atoms with E-state index < -0.39 is 21.8 Å². The molecule has 0 unspecified atom stereocenters. The van der Waals surface area contributed by atoms with Crippen molar-refractivity contribution in [3.8, 4) is 0 Å². The molecule has 1 aromatic heterocycles. The molecular weight excluding hydrogens is 417 g/mol. The largest absolute Gasteiger partial charge is 0.361 e. The molecule has 6 nitrogen and oxygen atoms in total. The van der Waals surface area contributed by atoms with Gasteiger partial charge in [0.2, 0.25) is 15.9 Å². The second kappa shape index (κ2) is 8.80. The van der Waals surface area contributed by atoms with E-state index in [1.165, 1.54) is 16.4 Å². The normalized spacial score (nSPS) is 18.7. The summed E-state index contributed by atoms with van der Waals surface area (Å²) in [5.41, 5.74) is 2.19. The van der Waals surface area contributed by atoms with Crippen LogP contribution in [-0.2, 0) is 21.2 Å². The molecule has 0 saturated carbocycles. The number of amides is 1. The summed E-state index contributed by atoms with van der Waals surface area (Å²) in [6, 6.07) is 12.7. The Morgan fingerprint density at radius 1 is 1.23 bits per heavy atom. The third kappa shape index (κ3) is 4.65. The number of rotatable bonds is 6. The number of halogens is 1. The minimum absolute atomic E-state index is 0.0441. The van der Waals surface area contributed by atoms with E-state index in [0.717, 1.165) is 28.6 Å². The fourth-order valence-corrected chi connectivity index (χ4v) is 5.70. The van der Waals surface area contributed by atoms with Crippen LogP contribution in [0, 0.1) is 11.7 Å². The predicted molar refractivity (Wildman–Crippen MR) is 117 cm³/mol. The van der Waals surface area contributed by atoms with E-state index in [0.29, 0.717) is 25.8 Å². The fraction of sp³-hybridized carbons (Fsp3) is 0.348. The van der Waals surface area contributed by atoms with Crippen molar-refractivity contribution in [3.05, 3.63) is 66.1 Å². The zero-order valence-corrected chi connectivity index (χ0v) is 18.2. The van der Waals surface area contributed by atoms with Crippen LogP contribution in [0.1, 0.15) is 25.3 Å². The molecule has 0 radical (unpaired) electrons. The summed E-state index contributed by atoms with van der Waals surface area (Å²) >= 11 is 0. The first kappa shape index (κ1) is 21.5. The van der Waals surface area contributed by atoms with Crippen molar-refractivity contribution in [2.24, 2.45) is 5.92 Å². The molecule has 0 spiro atoms. The van der Waals surface area contributed by atoms with Crippen molar-refractivity contribution in [2.75, 3.05) is 13.1 Å². The molecule has 0 aliphatic carbocycles. The van der Waals surface area contributed by atoms with Crippen LogP contribution < -0.4 is 5.32 Å². The van der Waals surface area contributed by atoms with E-state index in [1.54, 1.807) is 0 Å². The highest BCUT2D eigenvalue weighted by molar-refractivity contribution is 7.89. The standard InChI is InChI=1S/C23H26FN3O3S/c1-16(13-18-14-25-22-7-3-2-6-21(18)22)26-23(28)17-5-4-12-27(15-17)31(29,30)20-10-8-19(24)9-11-20/h2-3,6-11,14,16-17,25H,4-5,12-13,15H2,1H3,(H,26,28)/t16-,17-/m0/s1. The monoisotopic (exact) mass is 443 g/mol. The number of sulfonamides is 1. The second-order valence-corrected chi connectivity index (χ2v) is 10.1. The van der Waals surface area contributed by atoms with Gasteiger partial charge in [-0.3, -0.25) is 4.79 Å². The van der Waals surface area contributed by atoms with Gasteiger partial charge in [0.25, 0.3) is 0 Å². The maximum absolute atomic E-state index is 13.2. The van der Waals surface area contributed by atoms with Crippen LogP contribution in [0.2, 0.25) is 0 Å². The van der Waals surface area contributed by atoms with Gasteiger partial charge in [0.15, 0.2) is 0 Å². The summed E-state index contributed by atoms with van der Waals surface area (Å²) in [6.07, 6.45) is 3.89. The lowest BCUT2D eigenvalue weighted by Crippen LogP contribution is -2.47. The van der Waals surface area contributed by atoms with Gasteiger partial charge < -0.3 is 10.3 Å². The molecule has 164 valence electrons. The molecule has 8 heteroatoms. The Labute approximate surface area is 181 Å². The van der Waals surface area contributed by atoms with Crippen molar-refractivity contribution >= 4 is 26.8 Å². The van der Waals surface area contributed by atoms with Gasteiger partial charge in [-0.1, -0.05) is 18.2 Å². The summed E-state index contributed by atoms with van der Waals surface area (Å²) in [5, 5.41) is 4.18. The summed E-state index contributed by atoms with van der Waals surface area (Å²) in [6.45, 7) is 2.44. The lowest BCUT2D eigenvalue weighted by atomic mass is 9.98. The maximum Gasteiger partial charge on any atom is 0.243 e. The van der Waals surface area contributed by atoms with Crippen molar-refractivity contribution < 1.29 is 17.6 Å². The first-order valence-electron chi connectivity index (χ1n) is 10.5. The van der Waals surface area contributed by atoms with Crippen LogP contribution in [0.5, 0.6) is 0 Å². The molecule has 1 aliphatic rings. The lowest BCUT2D eigenvalue weighted by Gasteiger charge is -2.31. The van der Waals surface area contributed by atoms with E-state index in [4.69, 9.17) is 0 Å². The van der Waals surface area contributed by atoms with E-state index in [9.17, 15) is 17.6 Å². The van der Waals surface area contributed by atoms with Gasteiger partial charge in [0.1, 0.15) is 5.82 Å². The number of para-hydroxylation sites is 1. The highest BCUT2D eigenvalue weighted by atomic mass is 32.2. The number of aromatic nitrogens is 1. The summed E-state index contributed by atoms with van der Waals surface area (Å²) in [4.78, 5) is 16.2. The number of fused-ring (bicyclic) bond motifs is 1. The smallest absolute Gasteiger partial charge is 0.243 e. The maximum atomic E-state index is 13.2. The minimum atomic E-state index is -3.76. The van der Waals surface area contributed by atoms with Gasteiger partial charge in [-0.05, 0) is 62.1 Å². The van der Waals surface area contributed by atoms with E-state index in [2.05, 4.69) is 16.4 Å². The van der Waals surface area contributed by atoms with E-state index >= 15 is 0 Å². The number of hydrogen-bond acceptors (Lipinski definition) is 3. The molecule has 1 amide bonds. The first-order valence-corrected chi connectivity index (χ1v) is 11.9. The lowest BCUT2D eigenvalue weighted by molar-refractivity contribution is -0.126. The molecule has 31 heavy (non-hydrogen) atoms. The zero-order valence-electron chi connectivity index (χ0n) is 17.3. The number of nitrogens with zero attached hydrogens (tertiary/aromatic N) is 1.